The number of hydrogen-bond acceptors (Lipinski definition) is 4. The molecule has 3 aromatic carbocycles. The van der Waals surface area contributed by atoms with Gasteiger partial charge in [-0.15, -0.1) is 0 Å². The van der Waals surface area contributed by atoms with Gasteiger partial charge in [0, 0.05) is 0 Å². The number of nitrogens with zero attached hydrogens (tertiary/aromatic N) is 2. The topological polar surface area (TPSA) is 49.9 Å². The van der Waals surface area contributed by atoms with Gasteiger partial charge in [-0.25, -0.2) is 9.96 Å². The minimum atomic E-state index is -0.847. The van der Waals surface area contributed by atoms with Crippen LogP contribution in [0.3, 0.4) is 0 Å². The van der Waals surface area contributed by atoms with E-state index in [-0.39, 0.29) is 17.9 Å². The van der Waals surface area contributed by atoms with Crippen molar-refractivity contribution in [2.75, 3.05) is 9.96 Å². The first-order valence-electron chi connectivity index (χ1n) is 10.5. The molecule has 2 fully saturated rings. The standard InChI is InChI=1S/C26H24N2O3/c1-16-9-12-19(13-10-16)23-22-24(31-28(23)20-7-5-4-6-8-20)26(30)27(25(22)29)21-14-11-17(2)15-18(21)3/h4-15,22-24H,1-3H3/t22-,23+,24-/m1/s1. The second kappa shape index (κ2) is 7.36. The maximum Gasteiger partial charge on any atom is 0.266 e. The van der Waals surface area contributed by atoms with Gasteiger partial charge in [-0.05, 0) is 50.1 Å². The Morgan fingerprint density at radius 1 is 0.774 bits per heavy atom. The normalized spacial score (nSPS) is 22.9. The van der Waals surface area contributed by atoms with Crippen LogP contribution in [0, 0.1) is 26.7 Å². The van der Waals surface area contributed by atoms with Crippen LogP contribution >= 0.6 is 0 Å². The maximum atomic E-state index is 13.7. The Labute approximate surface area is 181 Å². The van der Waals surface area contributed by atoms with Gasteiger partial charge in [-0.1, -0.05) is 65.7 Å². The molecule has 0 radical (unpaired) electrons. The van der Waals surface area contributed by atoms with Gasteiger partial charge in [0.25, 0.3) is 5.91 Å². The predicted molar refractivity (Wildman–Crippen MR) is 120 cm³/mol. The molecule has 0 bridgehead atoms. The Morgan fingerprint density at radius 3 is 2.13 bits per heavy atom. The van der Waals surface area contributed by atoms with Crippen LogP contribution in [0.2, 0.25) is 0 Å². The summed E-state index contributed by atoms with van der Waals surface area (Å²) in [4.78, 5) is 34.6. The summed E-state index contributed by atoms with van der Waals surface area (Å²) in [5.41, 5.74) is 5.52. The van der Waals surface area contributed by atoms with Gasteiger partial charge in [0.05, 0.1) is 17.4 Å². The number of carbonyl (C=O) groups excluding carboxylic acids is 2. The highest BCUT2D eigenvalue weighted by Crippen LogP contribution is 2.47. The van der Waals surface area contributed by atoms with Crippen molar-refractivity contribution in [3.8, 4) is 0 Å². The molecule has 2 aliphatic rings. The van der Waals surface area contributed by atoms with Crippen LogP contribution in [-0.4, -0.2) is 17.9 Å². The fourth-order valence-electron chi connectivity index (χ4n) is 4.61. The fraction of sp³-hybridized carbons (Fsp3) is 0.231. The summed E-state index contributed by atoms with van der Waals surface area (Å²) in [5, 5.41) is 1.73. The Morgan fingerprint density at radius 2 is 1.45 bits per heavy atom. The number of rotatable bonds is 3. The number of anilines is 2. The lowest BCUT2D eigenvalue weighted by Crippen LogP contribution is -2.37. The molecule has 5 heteroatoms. The number of benzene rings is 3. The van der Waals surface area contributed by atoms with Gasteiger partial charge >= 0.3 is 0 Å². The highest BCUT2D eigenvalue weighted by molar-refractivity contribution is 6.24. The number of carbonyl (C=O) groups is 2. The van der Waals surface area contributed by atoms with Crippen molar-refractivity contribution in [2.45, 2.75) is 32.9 Å². The van der Waals surface area contributed by atoms with Crippen LogP contribution < -0.4 is 9.96 Å². The monoisotopic (exact) mass is 412 g/mol. The van der Waals surface area contributed by atoms with Crippen LogP contribution in [-0.2, 0) is 14.4 Å². The Bertz CT molecular complexity index is 1160. The first kappa shape index (κ1) is 19.5. The van der Waals surface area contributed by atoms with E-state index in [1.165, 1.54) is 4.90 Å². The predicted octanol–water partition coefficient (Wildman–Crippen LogP) is 4.66. The minimum Gasteiger partial charge on any atom is -0.273 e. The van der Waals surface area contributed by atoms with Gasteiger partial charge in [-0.3, -0.25) is 14.4 Å². The summed E-state index contributed by atoms with van der Waals surface area (Å²) < 4.78 is 0. The Balaban J connectivity index is 1.59. The number of fused-ring (bicyclic) bond motifs is 1. The molecule has 0 aliphatic carbocycles. The molecule has 3 aromatic rings. The van der Waals surface area contributed by atoms with E-state index >= 15 is 0 Å². The molecule has 5 rings (SSSR count). The zero-order chi connectivity index (χ0) is 21.7. The van der Waals surface area contributed by atoms with E-state index in [1.807, 2.05) is 93.6 Å². The lowest BCUT2D eigenvalue weighted by Gasteiger charge is -2.29. The molecule has 0 aromatic heterocycles. The summed E-state index contributed by atoms with van der Waals surface area (Å²) in [6.07, 6.45) is -0.847. The molecule has 2 amide bonds. The first-order valence-corrected chi connectivity index (χ1v) is 10.5. The molecule has 0 spiro atoms. The summed E-state index contributed by atoms with van der Waals surface area (Å²) in [7, 11) is 0. The fourth-order valence-corrected chi connectivity index (χ4v) is 4.61. The highest BCUT2D eigenvalue weighted by Gasteiger charge is 2.60. The molecule has 2 saturated heterocycles. The molecular weight excluding hydrogens is 388 g/mol. The largest absolute Gasteiger partial charge is 0.273 e. The van der Waals surface area contributed by atoms with E-state index in [1.54, 1.807) is 5.06 Å². The number of hydrogen-bond donors (Lipinski definition) is 0. The van der Waals surface area contributed by atoms with Crippen molar-refractivity contribution in [1.29, 1.82) is 0 Å². The number of hydroxylamine groups is 1. The highest BCUT2D eigenvalue weighted by atomic mass is 16.7. The van der Waals surface area contributed by atoms with Crippen molar-refractivity contribution in [2.24, 2.45) is 5.92 Å². The number of aryl methyl sites for hydroxylation is 3. The third-order valence-corrected chi connectivity index (χ3v) is 6.14. The van der Waals surface area contributed by atoms with Crippen LogP contribution in [0.25, 0.3) is 0 Å². The van der Waals surface area contributed by atoms with Crippen molar-refractivity contribution in [1.82, 2.24) is 0 Å². The molecule has 0 saturated carbocycles. The van der Waals surface area contributed by atoms with E-state index in [9.17, 15) is 9.59 Å². The Hall–Kier alpha value is -3.44. The van der Waals surface area contributed by atoms with E-state index in [0.717, 1.165) is 27.9 Å². The van der Waals surface area contributed by atoms with Gasteiger partial charge in [0.1, 0.15) is 5.92 Å². The summed E-state index contributed by atoms with van der Waals surface area (Å²) in [6, 6.07) is 23.1. The molecular formula is C26H24N2O3. The molecule has 156 valence electrons. The van der Waals surface area contributed by atoms with E-state index in [4.69, 9.17) is 4.84 Å². The molecule has 2 heterocycles. The van der Waals surface area contributed by atoms with Crippen molar-refractivity contribution in [3.63, 3.8) is 0 Å². The smallest absolute Gasteiger partial charge is 0.266 e. The number of amides is 2. The minimum absolute atomic E-state index is 0.217. The second-order valence-electron chi connectivity index (χ2n) is 8.37. The van der Waals surface area contributed by atoms with Gasteiger partial charge in [0.15, 0.2) is 6.10 Å². The number of imide groups is 1. The molecule has 5 nitrogen and oxygen atoms in total. The zero-order valence-corrected chi connectivity index (χ0v) is 17.8. The van der Waals surface area contributed by atoms with Crippen LogP contribution in [0.15, 0.2) is 72.8 Å². The summed E-state index contributed by atoms with van der Waals surface area (Å²) >= 11 is 0. The quantitative estimate of drug-likeness (QED) is 0.587. The van der Waals surface area contributed by atoms with Crippen LogP contribution in [0.4, 0.5) is 11.4 Å². The third kappa shape index (κ3) is 3.13. The number of para-hydroxylation sites is 1. The van der Waals surface area contributed by atoms with Gasteiger partial charge in [0.2, 0.25) is 5.91 Å². The van der Waals surface area contributed by atoms with Crippen molar-refractivity contribution in [3.05, 3.63) is 95.1 Å². The van der Waals surface area contributed by atoms with E-state index in [0.29, 0.717) is 5.69 Å². The average Bonchev–Trinajstić information content (AvgIpc) is 3.26. The third-order valence-electron chi connectivity index (χ3n) is 6.14. The van der Waals surface area contributed by atoms with Gasteiger partial charge < -0.3 is 0 Å². The molecule has 0 N–H and O–H groups in total. The summed E-state index contributed by atoms with van der Waals surface area (Å²) in [5.74, 6) is -1.14. The van der Waals surface area contributed by atoms with E-state index in [2.05, 4.69) is 0 Å². The first-order chi connectivity index (χ1) is 15.0. The lowest BCUT2D eigenvalue weighted by molar-refractivity contribution is -0.126. The van der Waals surface area contributed by atoms with Gasteiger partial charge in [-0.2, -0.15) is 0 Å². The molecule has 2 aliphatic heterocycles. The zero-order valence-electron chi connectivity index (χ0n) is 17.8. The molecule has 31 heavy (non-hydrogen) atoms. The van der Waals surface area contributed by atoms with Crippen LogP contribution in [0.5, 0.6) is 0 Å². The lowest BCUT2D eigenvalue weighted by atomic mass is 9.90. The Kier molecular flexibility index (Phi) is 4.63. The van der Waals surface area contributed by atoms with Crippen molar-refractivity contribution < 1.29 is 14.4 Å². The molecule has 0 unspecified atom stereocenters. The second-order valence-corrected chi connectivity index (χ2v) is 8.37. The molecule has 3 atom stereocenters. The average molecular weight is 412 g/mol. The summed E-state index contributed by atoms with van der Waals surface area (Å²) in [6.45, 7) is 5.94. The SMILES string of the molecule is Cc1ccc([C@H]2[C@H]3C(=O)N(c4ccc(C)cc4C)C(=O)[C@@H]3ON2c2ccccc2)cc1. The van der Waals surface area contributed by atoms with Crippen molar-refractivity contribution >= 4 is 23.2 Å². The van der Waals surface area contributed by atoms with Crippen LogP contribution in [0.1, 0.15) is 28.3 Å². The van der Waals surface area contributed by atoms with E-state index < -0.39 is 12.0 Å². The maximum absolute atomic E-state index is 13.7.